The lowest BCUT2D eigenvalue weighted by molar-refractivity contribution is -0.137. The molecule has 45 heavy (non-hydrogen) atoms. The standard InChI is InChI=1S/C34H38ClNO8S/c1-19-7-9-21(10-8-19)45(41,42)44-32-22(35)13-20(14-27(32)43-6)29-30-23(15-33(2,3)17-25(30)37)36(12-11-28(39)40)24-16-34(4,5)18-26(38)31(24)29/h7-10,13-14,29H,11-12,15-18H2,1-6H3,(H,39,40). The van der Waals surface area contributed by atoms with Crippen LogP contribution in [0.3, 0.4) is 0 Å². The highest BCUT2D eigenvalue weighted by atomic mass is 35.5. The quantitative estimate of drug-likeness (QED) is 0.314. The van der Waals surface area contributed by atoms with Gasteiger partial charge in [-0.25, -0.2) is 0 Å². The van der Waals surface area contributed by atoms with Gasteiger partial charge in [0.1, 0.15) is 4.90 Å². The van der Waals surface area contributed by atoms with Crippen LogP contribution in [0.5, 0.6) is 11.5 Å². The summed E-state index contributed by atoms with van der Waals surface area (Å²) in [6.07, 6.45) is 1.35. The predicted molar refractivity (Wildman–Crippen MR) is 169 cm³/mol. The lowest BCUT2D eigenvalue weighted by Gasteiger charge is -2.49. The van der Waals surface area contributed by atoms with Crippen LogP contribution in [0.25, 0.3) is 0 Å². The van der Waals surface area contributed by atoms with E-state index in [9.17, 15) is 27.9 Å². The molecule has 0 fully saturated rings. The summed E-state index contributed by atoms with van der Waals surface area (Å²) in [7, 11) is -2.92. The highest BCUT2D eigenvalue weighted by Gasteiger charge is 2.49. The second-order valence-corrected chi connectivity index (χ2v) is 15.7. The average Bonchev–Trinajstić information content (AvgIpc) is 2.91. The Kier molecular flexibility index (Phi) is 8.46. The molecule has 1 heterocycles. The van der Waals surface area contributed by atoms with Gasteiger partial charge in [0.05, 0.1) is 18.6 Å². The Morgan fingerprint density at radius 2 is 1.49 bits per heavy atom. The van der Waals surface area contributed by atoms with Crippen LogP contribution in [-0.4, -0.2) is 49.6 Å². The molecule has 1 aliphatic heterocycles. The molecular formula is C34H38ClNO8S. The molecule has 0 atom stereocenters. The third-order valence-electron chi connectivity index (χ3n) is 8.66. The van der Waals surface area contributed by atoms with Crippen LogP contribution in [0, 0.1) is 17.8 Å². The number of nitrogens with zero attached hydrogens (tertiary/aromatic N) is 1. The van der Waals surface area contributed by atoms with Crippen molar-refractivity contribution in [1.29, 1.82) is 0 Å². The SMILES string of the molecule is COc1cc(C2C3=C(CC(C)(C)CC3=O)N(CCC(=O)O)C3=C2C(=O)CC(C)(C)C3)cc(Cl)c1OS(=O)(=O)c1ccc(C)cc1. The molecule has 0 amide bonds. The smallest absolute Gasteiger partial charge is 0.339 e. The molecule has 2 aromatic carbocycles. The lowest BCUT2D eigenvalue weighted by Crippen LogP contribution is -2.45. The zero-order valence-electron chi connectivity index (χ0n) is 26.3. The average molecular weight is 656 g/mol. The molecule has 0 bridgehead atoms. The van der Waals surface area contributed by atoms with Crippen molar-refractivity contribution in [3.8, 4) is 11.5 Å². The largest absolute Gasteiger partial charge is 0.493 e. The molecule has 11 heteroatoms. The molecule has 2 aromatic rings. The van der Waals surface area contributed by atoms with E-state index in [0.717, 1.165) is 5.56 Å². The van der Waals surface area contributed by atoms with Gasteiger partial charge in [-0.2, -0.15) is 8.42 Å². The molecule has 5 rings (SSSR count). The number of benzene rings is 2. The van der Waals surface area contributed by atoms with E-state index < -0.39 is 22.0 Å². The van der Waals surface area contributed by atoms with Gasteiger partial charge >= 0.3 is 16.1 Å². The number of hydrogen-bond donors (Lipinski definition) is 1. The molecule has 2 aliphatic carbocycles. The first-order valence-electron chi connectivity index (χ1n) is 14.8. The van der Waals surface area contributed by atoms with Crippen molar-refractivity contribution in [3.05, 3.63) is 75.1 Å². The van der Waals surface area contributed by atoms with Crippen LogP contribution in [0.2, 0.25) is 5.02 Å². The van der Waals surface area contributed by atoms with E-state index in [-0.39, 0.29) is 69.6 Å². The Bertz CT molecular complexity index is 1720. The van der Waals surface area contributed by atoms with E-state index >= 15 is 0 Å². The molecule has 0 radical (unpaired) electrons. The number of aryl methyl sites for hydroxylation is 1. The van der Waals surface area contributed by atoms with Crippen molar-refractivity contribution < 1.29 is 36.8 Å². The van der Waals surface area contributed by atoms with Gasteiger partial charge in [0.25, 0.3) is 0 Å². The number of allylic oxidation sites excluding steroid dienone is 4. The van der Waals surface area contributed by atoms with Crippen LogP contribution in [0.1, 0.15) is 76.8 Å². The van der Waals surface area contributed by atoms with E-state index in [0.29, 0.717) is 40.9 Å². The van der Waals surface area contributed by atoms with Crippen molar-refractivity contribution in [2.75, 3.05) is 13.7 Å². The fourth-order valence-electron chi connectivity index (χ4n) is 6.71. The van der Waals surface area contributed by atoms with Gasteiger partial charge in [-0.15, -0.1) is 0 Å². The highest BCUT2D eigenvalue weighted by molar-refractivity contribution is 7.87. The minimum absolute atomic E-state index is 0.0259. The first-order chi connectivity index (χ1) is 20.9. The highest BCUT2D eigenvalue weighted by Crippen LogP contribution is 2.55. The van der Waals surface area contributed by atoms with Crippen LogP contribution in [0.15, 0.2) is 63.8 Å². The Morgan fingerprint density at radius 3 is 1.98 bits per heavy atom. The number of carbonyl (C=O) groups is 3. The minimum Gasteiger partial charge on any atom is -0.493 e. The minimum atomic E-state index is -4.27. The van der Waals surface area contributed by atoms with Crippen LogP contribution in [-0.2, 0) is 24.5 Å². The summed E-state index contributed by atoms with van der Waals surface area (Å²) in [4.78, 5) is 41.5. The second kappa shape index (κ2) is 11.6. The summed E-state index contributed by atoms with van der Waals surface area (Å²) in [5, 5.41) is 9.51. The maximum absolute atomic E-state index is 14.0. The Balaban J connectivity index is 1.69. The molecule has 9 nitrogen and oxygen atoms in total. The normalized spacial score (nSPS) is 19.8. The Morgan fingerprint density at radius 1 is 0.956 bits per heavy atom. The van der Waals surface area contributed by atoms with Gasteiger partial charge in [0.15, 0.2) is 17.3 Å². The number of carboxylic acid groups (broad SMARTS) is 1. The molecule has 0 aromatic heterocycles. The molecule has 0 unspecified atom stereocenters. The van der Waals surface area contributed by atoms with Gasteiger partial charge in [-0.05, 0) is 60.4 Å². The summed E-state index contributed by atoms with van der Waals surface area (Å²) in [5.41, 5.74) is 2.89. The number of ether oxygens (including phenoxy) is 1. The Hall–Kier alpha value is -3.63. The fraction of sp³-hybridized carbons (Fsp3) is 0.441. The number of hydrogen-bond acceptors (Lipinski definition) is 8. The molecule has 3 aliphatic rings. The zero-order valence-corrected chi connectivity index (χ0v) is 27.9. The summed E-state index contributed by atoms with van der Waals surface area (Å²) in [6, 6.07) is 9.28. The van der Waals surface area contributed by atoms with Gasteiger partial charge in [-0.3, -0.25) is 14.4 Å². The van der Waals surface area contributed by atoms with E-state index in [1.807, 2.05) is 39.5 Å². The summed E-state index contributed by atoms with van der Waals surface area (Å²) < 4.78 is 37.4. The van der Waals surface area contributed by atoms with Gasteiger partial charge in [-0.1, -0.05) is 57.0 Å². The number of carboxylic acids is 1. The molecule has 0 saturated carbocycles. The maximum Gasteiger partial charge on any atom is 0.339 e. The first-order valence-corrected chi connectivity index (χ1v) is 16.6. The number of methoxy groups -OCH3 is 1. The van der Waals surface area contributed by atoms with Crippen LogP contribution < -0.4 is 8.92 Å². The van der Waals surface area contributed by atoms with Crippen molar-refractivity contribution in [2.45, 2.75) is 77.5 Å². The van der Waals surface area contributed by atoms with E-state index in [1.54, 1.807) is 18.2 Å². The topological polar surface area (TPSA) is 127 Å². The zero-order chi connectivity index (χ0) is 33.1. The van der Waals surface area contributed by atoms with Gasteiger partial charge < -0.3 is 18.9 Å². The number of ketones is 2. The maximum atomic E-state index is 14.0. The van der Waals surface area contributed by atoms with Crippen molar-refractivity contribution >= 4 is 39.3 Å². The molecular weight excluding hydrogens is 618 g/mol. The van der Waals surface area contributed by atoms with Gasteiger partial charge in [0, 0.05) is 47.8 Å². The van der Waals surface area contributed by atoms with Crippen molar-refractivity contribution in [3.63, 3.8) is 0 Å². The van der Waals surface area contributed by atoms with Crippen LogP contribution in [0.4, 0.5) is 0 Å². The number of rotatable bonds is 8. The molecule has 240 valence electrons. The fourth-order valence-corrected chi connectivity index (χ4v) is 7.97. The second-order valence-electron chi connectivity index (χ2n) is 13.7. The van der Waals surface area contributed by atoms with Crippen molar-refractivity contribution in [2.24, 2.45) is 10.8 Å². The summed E-state index contributed by atoms with van der Waals surface area (Å²) >= 11 is 6.73. The number of Topliss-reactive ketones (excluding diaryl/α,β-unsaturated/α-hetero) is 2. The number of carbonyl (C=O) groups excluding carboxylic acids is 2. The summed E-state index contributed by atoms with van der Waals surface area (Å²) in [6.45, 7) is 9.96. The van der Waals surface area contributed by atoms with E-state index in [4.69, 9.17) is 20.5 Å². The summed E-state index contributed by atoms with van der Waals surface area (Å²) in [5.74, 6) is -2.22. The molecule has 0 spiro atoms. The predicted octanol–water partition coefficient (Wildman–Crippen LogP) is 6.59. The lowest BCUT2D eigenvalue weighted by atomic mass is 9.63. The molecule has 1 N–H and O–H groups in total. The molecule has 0 saturated heterocycles. The van der Waals surface area contributed by atoms with E-state index in [2.05, 4.69) is 0 Å². The number of halogens is 1. The van der Waals surface area contributed by atoms with Gasteiger partial charge in [0.2, 0.25) is 5.75 Å². The Labute approximate surface area is 269 Å². The number of aliphatic carboxylic acids is 1. The van der Waals surface area contributed by atoms with E-state index in [1.165, 1.54) is 25.3 Å². The third kappa shape index (κ3) is 6.40. The third-order valence-corrected chi connectivity index (χ3v) is 10.2. The monoisotopic (exact) mass is 655 g/mol. The first kappa shape index (κ1) is 32.8. The van der Waals surface area contributed by atoms with Crippen molar-refractivity contribution in [1.82, 2.24) is 4.90 Å². The van der Waals surface area contributed by atoms with Crippen LogP contribution >= 0.6 is 11.6 Å².